The van der Waals surface area contributed by atoms with E-state index in [0.717, 1.165) is 37.1 Å². The Morgan fingerprint density at radius 3 is 2.89 bits per heavy atom. The van der Waals surface area contributed by atoms with Crippen LogP contribution in [0.3, 0.4) is 0 Å². The van der Waals surface area contributed by atoms with Gasteiger partial charge in [-0.25, -0.2) is 0 Å². The number of likely N-dealkylation sites (tertiary alicyclic amines) is 1. The largest absolute Gasteiger partial charge is 0.380 e. The number of nitrogens with one attached hydrogen (secondary N) is 1. The van der Waals surface area contributed by atoms with E-state index in [1.807, 2.05) is 11.8 Å². The van der Waals surface area contributed by atoms with Gasteiger partial charge in [0.25, 0.3) is 5.91 Å². The fraction of sp³-hybridized carbons (Fsp3) is 0.929. The van der Waals surface area contributed by atoms with Crippen molar-refractivity contribution in [1.82, 2.24) is 10.2 Å². The highest BCUT2D eigenvalue weighted by molar-refractivity contribution is 7.99. The van der Waals surface area contributed by atoms with Crippen LogP contribution in [0.4, 0.5) is 0 Å². The summed E-state index contributed by atoms with van der Waals surface area (Å²) in [5, 5.41) is 13.2. The molecule has 2 heterocycles. The Morgan fingerprint density at radius 2 is 2.21 bits per heavy atom. The summed E-state index contributed by atoms with van der Waals surface area (Å²) in [5.41, 5.74) is -1.11. The van der Waals surface area contributed by atoms with Crippen LogP contribution < -0.4 is 5.32 Å². The highest BCUT2D eigenvalue weighted by Gasteiger charge is 2.37. The van der Waals surface area contributed by atoms with E-state index in [9.17, 15) is 9.90 Å². The monoisotopic (exact) mass is 286 g/mol. The van der Waals surface area contributed by atoms with Crippen LogP contribution in [0.25, 0.3) is 0 Å². The first-order valence-electron chi connectivity index (χ1n) is 7.41. The van der Waals surface area contributed by atoms with Gasteiger partial charge in [-0.3, -0.25) is 4.79 Å². The quantitative estimate of drug-likeness (QED) is 0.812. The van der Waals surface area contributed by atoms with Gasteiger partial charge in [-0.05, 0) is 49.7 Å². The second kappa shape index (κ2) is 6.95. The van der Waals surface area contributed by atoms with Gasteiger partial charge in [0.2, 0.25) is 0 Å². The molecule has 2 aliphatic heterocycles. The molecule has 2 saturated heterocycles. The maximum Gasteiger partial charge on any atom is 0.252 e. The van der Waals surface area contributed by atoms with Gasteiger partial charge in [-0.1, -0.05) is 6.92 Å². The van der Waals surface area contributed by atoms with E-state index in [4.69, 9.17) is 0 Å². The Kier molecular flexibility index (Phi) is 5.54. The van der Waals surface area contributed by atoms with Crippen LogP contribution >= 0.6 is 11.8 Å². The Hall–Kier alpha value is -0.260. The number of nitrogens with zero attached hydrogens (tertiary/aromatic N) is 1. The van der Waals surface area contributed by atoms with Crippen molar-refractivity contribution in [2.45, 2.75) is 38.2 Å². The van der Waals surface area contributed by atoms with E-state index in [2.05, 4.69) is 17.1 Å². The van der Waals surface area contributed by atoms with Gasteiger partial charge in [-0.15, -0.1) is 0 Å². The summed E-state index contributed by atoms with van der Waals surface area (Å²) in [6.07, 6.45) is 3.76. The Labute approximate surface area is 120 Å². The number of aliphatic hydroxyl groups is 1. The first kappa shape index (κ1) is 15.1. The number of hydrogen-bond acceptors (Lipinski definition) is 4. The molecule has 19 heavy (non-hydrogen) atoms. The summed E-state index contributed by atoms with van der Waals surface area (Å²) in [7, 11) is 0. The van der Waals surface area contributed by atoms with E-state index in [0.29, 0.717) is 19.4 Å². The van der Waals surface area contributed by atoms with Crippen LogP contribution in [0, 0.1) is 5.92 Å². The van der Waals surface area contributed by atoms with E-state index >= 15 is 0 Å². The standard InChI is InChI=1S/C14H26N2O2S/c1-12-3-2-7-16(11-12)8-6-15-13(17)14(18)4-9-19-10-5-14/h12,18H,2-11H2,1H3,(H,15,17). The zero-order valence-corrected chi connectivity index (χ0v) is 12.7. The molecular weight excluding hydrogens is 260 g/mol. The molecule has 0 spiro atoms. The van der Waals surface area contributed by atoms with Crippen molar-refractivity contribution in [2.75, 3.05) is 37.7 Å². The number of carbonyl (C=O) groups excluding carboxylic acids is 1. The molecule has 4 nitrogen and oxygen atoms in total. The molecule has 0 saturated carbocycles. The molecule has 110 valence electrons. The minimum Gasteiger partial charge on any atom is -0.380 e. The molecule has 0 aromatic heterocycles. The van der Waals surface area contributed by atoms with E-state index in [-0.39, 0.29) is 5.91 Å². The number of rotatable bonds is 4. The van der Waals surface area contributed by atoms with Crippen LogP contribution in [-0.4, -0.2) is 59.2 Å². The molecule has 0 bridgehead atoms. The zero-order valence-electron chi connectivity index (χ0n) is 11.9. The summed E-state index contributed by atoms with van der Waals surface area (Å²) < 4.78 is 0. The Balaban J connectivity index is 1.68. The molecule has 2 rings (SSSR count). The second-order valence-corrected chi connectivity index (χ2v) is 7.17. The van der Waals surface area contributed by atoms with Crippen molar-refractivity contribution in [1.29, 1.82) is 0 Å². The molecular formula is C14H26N2O2S. The summed E-state index contributed by atoms with van der Waals surface area (Å²) >= 11 is 1.81. The molecule has 0 aromatic rings. The highest BCUT2D eigenvalue weighted by atomic mass is 32.2. The molecule has 1 atom stereocenters. The number of piperidine rings is 1. The molecule has 1 unspecified atom stereocenters. The third-order valence-corrected chi connectivity index (χ3v) is 5.18. The van der Waals surface area contributed by atoms with Crippen molar-refractivity contribution in [3.8, 4) is 0 Å². The van der Waals surface area contributed by atoms with E-state index in [1.54, 1.807) is 0 Å². The lowest BCUT2D eigenvalue weighted by molar-refractivity contribution is -0.140. The van der Waals surface area contributed by atoms with Crippen LogP contribution in [0.5, 0.6) is 0 Å². The summed E-state index contributed by atoms with van der Waals surface area (Å²) in [5.74, 6) is 2.36. The molecule has 1 amide bonds. The van der Waals surface area contributed by atoms with Crippen molar-refractivity contribution in [3.63, 3.8) is 0 Å². The first-order valence-corrected chi connectivity index (χ1v) is 8.56. The van der Waals surface area contributed by atoms with Gasteiger partial charge in [0.05, 0.1) is 0 Å². The first-order chi connectivity index (χ1) is 9.10. The molecule has 2 N–H and O–H groups in total. The number of carbonyl (C=O) groups is 1. The average molecular weight is 286 g/mol. The minimum absolute atomic E-state index is 0.169. The van der Waals surface area contributed by atoms with Gasteiger partial charge in [0, 0.05) is 19.6 Å². The smallest absolute Gasteiger partial charge is 0.252 e. The van der Waals surface area contributed by atoms with Gasteiger partial charge in [0.15, 0.2) is 0 Å². The van der Waals surface area contributed by atoms with Crippen LogP contribution in [0.2, 0.25) is 0 Å². The molecule has 0 aromatic carbocycles. The lowest BCUT2D eigenvalue weighted by atomic mass is 9.96. The summed E-state index contributed by atoms with van der Waals surface area (Å²) in [6, 6.07) is 0. The van der Waals surface area contributed by atoms with Crippen molar-refractivity contribution in [3.05, 3.63) is 0 Å². The van der Waals surface area contributed by atoms with Crippen LogP contribution in [0.1, 0.15) is 32.6 Å². The fourth-order valence-electron chi connectivity index (χ4n) is 2.92. The predicted molar refractivity (Wildman–Crippen MR) is 79.4 cm³/mol. The molecule has 5 heteroatoms. The van der Waals surface area contributed by atoms with Crippen LogP contribution in [0.15, 0.2) is 0 Å². The van der Waals surface area contributed by atoms with Gasteiger partial charge in [-0.2, -0.15) is 11.8 Å². The van der Waals surface area contributed by atoms with Gasteiger partial charge in [0.1, 0.15) is 5.60 Å². The van der Waals surface area contributed by atoms with Crippen LogP contribution in [-0.2, 0) is 4.79 Å². The zero-order chi connectivity index (χ0) is 13.7. The summed E-state index contributed by atoms with van der Waals surface area (Å²) in [4.78, 5) is 14.4. The average Bonchev–Trinajstić information content (AvgIpc) is 2.39. The van der Waals surface area contributed by atoms with Crippen molar-refractivity contribution in [2.24, 2.45) is 5.92 Å². The number of thioether (sulfide) groups is 1. The molecule has 2 aliphatic rings. The maximum absolute atomic E-state index is 12.0. The fourth-order valence-corrected chi connectivity index (χ4v) is 4.09. The second-order valence-electron chi connectivity index (χ2n) is 5.95. The lowest BCUT2D eigenvalue weighted by Crippen LogP contribution is -2.51. The Bertz CT molecular complexity index is 306. The maximum atomic E-state index is 12.0. The topological polar surface area (TPSA) is 52.6 Å². The lowest BCUT2D eigenvalue weighted by Gasteiger charge is -2.32. The van der Waals surface area contributed by atoms with Crippen molar-refractivity contribution < 1.29 is 9.90 Å². The molecule has 0 radical (unpaired) electrons. The highest BCUT2D eigenvalue weighted by Crippen LogP contribution is 2.26. The number of amides is 1. The molecule has 0 aliphatic carbocycles. The Morgan fingerprint density at radius 1 is 1.47 bits per heavy atom. The number of hydrogen-bond donors (Lipinski definition) is 2. The molecule has 2 fully saturated rings. The third-order valence-electron chi connectivity index (χ3n) is 4.20. The van der Waals surface area contributed by atoms with E-state index in [1.165, 1.54) is 12.8 Å². The normalized spacial score (nSPS) is 28.0. The van der Waals surface area contributed by atoms with E-state index < -0.39 is 5.60 Å². The third kappa shape index (κ3) is 4.36. The van der Waals surface area contributed by atoms with Gasteiger partial charge >= 0.3 is 0 Å². The SMILES string of the molecule is CC1CCCN(CCNC(=O)C2(O)CCSCC2)C1. The minimum atomic E-state index is -1.11. The van der Waals surface area contributed by atoms with Gasteiger partial charge < -0.3 is 15.3 Å². The van der Waals surface area contributed by atoms with Crippen molar-refractivity contribution >= 4 is 17.7 Å². The summed E-state index contributed by atoms with van der Waals surface area (Å²) in [6.45, 7) is 6.12. The predicted octanol–water partition coefficient (Wildman–Crippen LogP) is 1.09.